The van der Waals surface area contributed by atoms with Crippen LogP contribution in [0.1, 0.15) is 55.6 Å². The van der Waals surface area contributed by atoms with Gasteiger partial charge in [-0.2, -0.15) is 10.4 Å². The van der Waals surface area contributed by atoms with Gasteiger partial charge in [-0.1, -0.05) is 53.2 Å². The van der Waals surface area contributed by atoms with Crippen LogP contribution in [0.3, 0.4) is 0 Å². The lowest BCUT2D eigenvalue weighted by Crippen LogP contribution is -2.74. The topological polar surface area (TPSA) is 60.2 Å². The predicted molar refractivity (Wildman–Crippen MR) is 113 cm³/mol. The van der Waals surface area contributed by atoms with Crippen LogP contribution in [0.4, 0.5) is 5.69 Å². The molecule has 4 nitrogen and oxygen atoms in total. The molecule has 0 aliphatic carbocycles. The lowest BCUT2D eigenvalue weighted by atomic mass is 9.64. The Hall–Kier alpha value is -1.82. The molecule has 0 saturated carbocycles. The molecule has 0 bridgehead atoms. The average Bonchev–Trinajstić information content (AvgIpc) is 2.65. The minimum Gasteiger partial charge on any atom is -0.293 e. The molecule has 0 spiro atoms. The van der Waals surface area contributed by atoms with Gasteiger partial charge in [0.1, 0.15) is 5.54 Å². The van der Waals surface area contributed by atoms with Crippen molar-refractivity contribution in [2.75, 3.05) is 5.33 Å². The molecule has 0 saturated heterocycles. The first-order chi connectivity index (χ1) is 12.6. The Bertz CT molecular complexity index is 910. The molecule has 142 valence electrons. The van der Waals surface area contributed by atoms with E-state index in [1.165, 1.54) is 6.92 Å². The molecule has 5 heteroatoms. The fourth-order valence-electron chi connectivity index (χ4n) is 4.61. The first-order valence-electron chi connectivity index (χ1n) is 9.06. The van der Waals surface area contributed by atoms with Crippen LogP contribution in [-0.2, 0) is 10.2 Å². The van der Waals surface area contributed by atoms with E-state index in [1.807, 2.05) is 44.2 Å². The van der Waals surface area contributed by atoms with Crippen LogP contribution in [0.5, 0.6) is 0 Å². The maximum Gasteiger partial charge on any atom is 0.335 e. The number of quaternary nitrogens is 1. The maximum atomic E-state index is 12.7. The van der Waals surface area contributed by atoms with E-state index in [4.69, 9.17) is 5.84 Å². The van der Waals surface area contributed by atoms with E-state index >= 15 is 0 Å². The van der Waals surface area contributed by atoms with E-state index in [0.29, 0.717) is 12.0 Å². The molecule has 2 aromatic rings. The number of carbonyl (C=O) groups excluding carboxylic acids is 2. The number of amides is 1. The summed E-state index contributed by atoms with van der Waals surface area (Å²) in [6, 6.07) is 15.8. The van der Waals surface area contributed by atoms with Gasteiger partial charge < -0.3 is 0 Å². The minimum atomic E-state index is -0.510. The smallest absolute Gasteiger partial charge is 0.293 e. The molecular weight excluding hydrogens is 404 g/mol. The highest BCUT2D eigenvalue weighted by atomic mass is 79.9. The summed E-state index contributed by atoms with van der Waals surface area (Å²) in [6.45, 7) is 7.79. The van der Waals surface area contributed by atoms with E-state index in [9.17, 15) is 9.59 Å². The Labute approximate surface area is 169 Å². The third-order valence-electron chi connectivity index (χ3n) is 6.06. The minimum absolute atomic E-state index is 0.0102. The van der Waals surface area contributed by atoms with E-state index in [0.717, 1.165) is 16.8 Å². The van der Waals surface area contributed by atoms with Crippen molar-refractivity contribution in [2.45, 2.75) is 45.1 Å². The van der Waals surface area contributed by atoms with Crippen molar-refractivity contribution in [3.8, 4) is 0 Å². The molecule has 1 aliphatic heterocycles. The number of ketones is 1. The van der Waals surface area contributed by atoms with Gasteiger partial charge in [-0.05, 0) is 31.5 Å². The van der Waals surface area contributed by atoms with E-state index < -0.39 is 5.54 Å². The molecular formula is C22H26BrN2O2+. The second-order valence-corrected chi connectivity index (χ2v) is 8.78. The van der Waals surface area contributed by atoms with Crippen molar-refractivity contribution in [3.63, 3.8) is 0 Å². The summed E-state index contributed by atoms with van der Waals surface area (Å²) in [7, 11) is 0. The number of nitrogens with zero attached hydrogens (tertiary/aromatic N) is 1. The molecule has 3 rings (SSSR count). The third kappa shape index (κ3) is 2.89. The van der Waals surface area contributed by atoms with E-state index in [-0.39, 0.29) is 27.0 Å². The van der Waals surface area contributed by atoms with Gasteiger partial charge in [0.15, 0.2) is 11.5 Å². The Morgan fingerprint density at radius 1 is 1.11 bits per heavy atom. The average molecular weight is 430 g/mol. The van der Waals surface area contributed by atoms with Crippen molar-refractivity contribution < 1.29 is 9.59 Å². The van der Waals surface area contributed by atoms with Gasteiger partial charge in [-0.3, -0.25) is 4.79 Å². The summed E-state index contributed by atoms with van der Waals surface area (Å²) in [5.74, 6) is 6.64. The van der Waals surface area contributed by atoms with Crippen molar-refractivity contribution in [3.05, 3.63) is 65.2 Å². The summed E-state index contributed by atoms with van der Waals surface area (Å²) in [5, 5.41) is 0.259. The third-order valence-corrected chi connectivity index (χ3v) is 6.57. The molecule has 2 aromatic carbocycles. The normalized spacial score (nSPS) is 26.3. The first kappa shape index (κ1) is 19.9. The Balaban J connectivity index is 2.37. The second-order valence-electron chi connectivity index (χ2n) is 8.22. The van der Waals surface area contributed by atoms with Crippen LogP contribution in [0.15, 0.2) is 48.5 Å². The Kier molecular flexibility index (Phi) is 4.91. The fraction of sp³-hybridized carbons (Fsp3) is 0.364. The summed E-state index contributed by atoms with van der Waals surface area (Å²) >= 11 is 3.25. The molecule has 0 aromatic heterocycles. The van der Waals surface area contributed by atoms with Crippen molar-refractivity contribution in [1.82, 2.24) is 4.59 Å². The van der Waals surface area contributed by atoms with Gasteiger partial charge in [0.05, 0.1) is 12.3 Å². The van der Waals surface area contributed by atoms with Crippen molar-refractivity contribution >= 4 is 33.3 Å². The number of nitrogens with two attached hydrogens (primary N) is 1. The highest BCUT2D eigenvalue weighted by Crippen LogP contribution is 2.52. The number of Topliss-reactive ketones (excluding diaryl/α,β-unsaturated/α-hetero) is 1. The number of benzene rings is 2. The zero-order valence-electron chi connectivity index (χ0n) is 16.3. The van der Waals surface area contributed by atoms with Gasteiger partial charge in [0.2, 0.25) is 0 Å². The number of halogens is 1. The van der Waals surface area contributed by atoms with E-state index in [1.54, 1.807) is 6.07 Å². The lowest BCUT2D eigenvalue weighted by Gasteiger charge is -2.52. The van der Waals surface area contributed by atoms with E-state index in [2.05, 4.69) is 35.0 Å². The largest absolute Gasteiger partial charge is 0.335 e. The summed E-state index contributed by atoms with van der Waals surface area (Å²) in [5.41, 5.74) is 2.61. The van der Waals surface area contributed by atoms with Crippen molar-refractivity contribution in [2.24, 2.45) is 5.84 Å². The number of carbonyl (C=O) groups is 2. The van der Waals surface area contributed by atoms with Crippen LogP contribution < -0.4 is 10.4 Å². The summed E-state index contributed by atoms with van der Waals surface area (Å²) in [6.07, 6.45) is 0.680. The number of rotatable bonds is 3. The van der Waals surface area contributed by atoms with Crippen LogP contribution in [0.25, 0.3) is 0 Å². The van der Waals surface area contributed by atoms with Crippen LogP contribution in [-0.4, -0.2) is 22.6 Å². The molecule has 2 atom stereocenters. The fourth-order valence-corrected chi connectivity index (χ4v) is 4.93. The second kappa shape index (κ2) is 6.66. The molecule has 1 amide bonds. The molecule has 2 N–H and O–H groups in total. The lowest BCUT2D eigenvalue weighted by molar-refractivity contribution is -0.134. The molecule has 1 heterocycles. The zero-order valence-corrected chi connectivity index (χ0v) is 17.8. The molecule has 1 aliphatic rings. The van der Waals surface area contributed by atoms with Crippen LogP contribution in [0, 0.1) is 0 Å². The number of alkyl halides is 1. The molecule has 2 unspecified atom stereocenters. The molecule has 0 radical (unpaired) electrons. The maximum absolute atomic E-state index is 12.7. The van der Waals surface area contributed by atoms with Gasteiger partial charge in [0, 0.05) is 29.0 Å². The number of hydrogen-bond donors (Lipinski definition) is 1. The Morgan fingerprint density at radius 2 is 1.74 bits per heavy atom. The van der Waals surface area contributed by atoms with Gasteiger partial charge in [-0.15, -0.1) is 0 Å². The van der Waals surface area contributed by atoms with Crippen molar-refractivity contribution in [1.29, 1.82) is 0 Å². The molecule has 0 fully saturated rings. The summed E-state index contributed by atoms with van der Waals surface area (Å²) < 4.78 is -0.270. The van der Waals surface area contributed by atoms with Gasteiger partial charge >= 0.3 is 5.91 Å². The number of hydrogen-bond acceptors (Lipinski definition) is 3. The number of fused-ring (bicyclic) bond motifs is 1. The molecule has 27 heavy (non-hydrogen) atoms. The SMILES string of the molecule is CC(=O)[N+]1(N)c2ccc(C(=O)CBr)cc2C(C)(c2ccccc2)CC1(C)C. The predicted octanol–water partition coefficient (Wildman–Crippen LogP) is 4.48. The summed E-state index contributed by atoms with van der Waals surface area (Å²) in [4.78, 5) is 25.0. The standard InChI is InChI=1S/C22H26BrN2O2/c1-15(26)25(24)19-11-10-16(20(27)13-23)12-18(19)22(4,14-21(25,2)3)17-8-6-5-7-9-17/h5-12H,13-14,24H2,1-4H3/q+1. The quantitative estimate of drug-likeness (QED) is 0.257. The van der Waals surface area contributed by atoms with Crippen LogP contribution in [0.2, 0.25) is 0 Å². The highest BCUT2D eigenvalue weighted by Gasteiger charge is 2.58. The van der Waals surface area contributed by atoms with Gasteiger partial charge in [0.25, 0.3) is 0 Å². The zero-order chi connectivity index (χ0) is 20.0. The van der Waals surface area contributed by atoms with Gasteiger partial charge in [-0.25, -0.2) is 4.79 Å². The first-order valence-corrected chi connectivity index (χ1v) is 10.2. The van der Waals surface area contributed by atoms with Crippen LogP contribution >= 0.6 is 15.9 Å². The highest BCUT2D eigenvalue weighted by molar-refractivity contribution is 9.09. The Morgan fingerprint density at radius 3 is 2.30 bits per heavy atom. The monoisotopic (exact) mass is 429 g/mol.